The van der Waals surface area contributed by atoms with Crippen LogP contribution in [0.2, 0.25) is 0 Å². The van der Waals surface area contributed by atoms with Crippen LogP contribution in [0.1, 0.15) is 117 Å². The number of hydrogen-bond donors (Lipinski definition) is 7. The van der Waals surface area contributed by atoms with Gasteiger partial charge in [0.1, 0.15) is 36.5 Å². The lowest BCUT2D eigenvalue weighted by atomic mass is 9.96. The Bertz CT molecular complexity index is 1140. The van der Waals surface area contributed by atoms with Crippen LogP contribution >= 0.6 is 0 Å². The molecule has 0 aromatic carbocycles. The van der Waals surface area contributed by atoms with Crippen molar-refractivity contribution in [1.29, 1.82) is 0 Å². The number of aryl methyl sites for hydroxylation is 1. The number of nitrogens with zero attached hydrogens (tertiary/aromatic N) is 4. The van der Waals surface area contributed by atoms with Crippen molar-refractivity contribution in [3.8, 4) is 0 Å². The van der Waals surface area contributed by atoms with Crippen molar-refractivity contribution in [3.63, 3.8) is 0 Å². The Morgan fingerprint density at radius 2 is 1.58 bits per heavy atom. The zero-order valence-corrected chi connectivity index (χ0v) is 28.5. The average Bonchev–Trinajstić information content (AvgIpc) is 3.51. The zero-order chi connectivity index (χ0) is 35.6. The second kappa shape index (κ2) is 21.7. The number of amides is 3. The summed E-state index contributed by atoms with van der Waals surface area (Å²) in [6, 6.07) is -3.24. The van der Waals surface area contributed by atoms with E-state index in [0.29, 0.717) is 6.54 Å². The molecule has 1 fully saturated rings. The maximum Gasteiger partial charge on any atom is 0.303 e. The highest BCUT2D eigenvalue weighted by molar-refractivity contribution is 5.89. The number of aliphatic carboxylic acids is 1. The topological polar surface area (TPSA) is 247 Å². The minimum atomic E-state index is -1.64. The molecule has 48 heavy (non-hydrogen) atoms. The molecule has 0 saturated carbocycles. The zero-order valence-electron chi connectivity index (χ0n) is 28.5. The summed E-state index contributed by atoms with van der Waals surface area (Å²) < 4.78 is 10.8. The molecule has 1 aromatic rings. The third-order valence-electron chi connectivity index (χ3n) is 8.18. The Balaban J connectivity index is 1.92. The second-order valence-electron chi connectivity index (χ2n) is 12.4. The minimum Gasteiger partial charge on any atom is -0.481 e. The Morgan fingerprint density at radius 1 is 0.958 bits per heavy atom. The third kappa shape index (κ3) is 14.1. The molecule has 0 spiro atoms. The Labute approximate surface area is 281 Å². The Morgan fingerprint density at radius 3 is 2.17 bits per heavy atom. The van der Waals surface area contributed by atoms with E-state index >= 15 is 0 Å². The highest BCUT2D eigenvalue weighted by Gasteiger charge is 2.47. The highest BCUT2D eigenvalue weighted by atomic mass is 16.6. The van der Waals surface area contributed by atoms with Crippen LogP contribution in [0.3, 0.4) is 0 Å². The molecule has 7 N–H and O–H groups in total. The van der Waals surface area contributed by atoms with Crippen LogP contribution in [-0.2, 0) is 35.2 Å². The molecule has 3 amide bonds. The van der Waals surface area contributed by atoms with E-state index in [0.717, 1.165) is 19.3 Å². The first kappa shape index (κ1) is 40.9. The van der Waals surface area contributed by atoms with E-state index in [1.807, 2.05) is 0 Å². The van der Waals surface area contributed by atoms with E-state index in [-0.39, 0.29) is 18.7 Å². The van der Waals surface area contributed by atoms with Crippen LogP contribution in [0.25, 0.3) is 0 Å². The summed E-state index contributed by atoms with van der Waals surface area (Å²) in [6.07, 6.45) is 4.55. The van der Waals surface area contributed by atoms with Gasteiger partial charge in [-0.15, -0.1) is 10.2 Å². The van der Waals surface area contributed by atoms with Gasteiger partial charge in [-0.3, -0.25) is 19.2 Å². The van der Waals surface area contributed by atoms with Crippen molar-refractivity contribution in [2.45, 2.75) is 160 Å². The number of ether oxygens (including phenoxy) is 2. The molecular formula is C31H55N7O10. The van der Waals surface area contributed by atoms with E-state index in [2.05, 4.69) is 38.3 Å². The number of carbonyl (C=O) groups excluding carboxylic acids is 3. The van der Waals surface area contributed by atoms with E-state index in [1.165, 1.54) is 70.5 Å². The van der Waals surface area contributed by atoms with Crippen LogP contribution in [0.15, 0.2) is 0 Å². The number of carboxylic acids is 1. The summed E-state index contributed by atoms with van der Waals surface area (Å²) in [5, 5.41) is 59.7. The van der Waals surface area contributed by atoms with Gasteiger partial charge in [-0.2, -0.15) is 4.80 Å². The lowest BCUT2D eigenvalue weighted by Gasteiger charge is -2.43. The molecule has 8 atom stereocenters. The Kier molecular flexibility index (Phi) is 18.5. The number of aromatic nitrogens is 4. The molecule has 274 valence electrons. The number of nitrogens with one attached hydrogen (secondary N) is 3. The summed E-state index contributed by atoms with van der Waals surface area (Å²) >= 11 is 0. The van der Waals surface area contributed by atoms with Gasteiger partial charge in [0, 0.05) is 13.3 Å². The van der Waals surface area contributed by atoms with Crippen molar-refractivity contribution in [1.82, 2.24) is 36.2 Å². The van der Waals surface area contributed by atoms with Gasteiger partial charge in [0.2, 0.25) is 17.7 Å². The molecule has 0 unspecified atom stereocenters. The van der Waals surface area contributed by atoms with Gasteiger partial charge in [0.15, 0.2) is 12.1 Å². The average molecular weight is 686 g/mol. The molecule has 17 heteroatoms. The first-order chi connectivity index (χ1) is 22.9. The lowest BCUT2D eigenvalue weighted by molar-refractivity contribution is -0.266. The molecule has 17 nitrogen and oxygen atoms in total. The van der Waals surface area contributed by atoms with Gasteiger partial charge in [0.05, 0.1) is 19.2 Å². The number of hydrogen-bond acceptors (Lipinski definition) is 12. The largest absolute Gasteiger partial charge is 0.481 e. The summed E-state index contributed by atoms with van der Waals surface area (Å²) in [5.41, 5.74) is 0. The van der Waals surface area contributed by atoms with E-state index in [4.69, 9.17) is 9.47 Å². The van der Waals surface area contributed by atoms with Crippen LogP contribution in [0.5, 0.6) is 0 Å². The molecule has 1 aromatic heterocycles. The predicted molar refractivity (Wildman–Crippen MR) is 171 cm³/mol. The quantitative estimate of drug-likeness (QED) is 0.0775. The van der Waals surface area contributed by atoms with Crippen LogP contribution < -0.4 is 16.0 Å². The molecule has 1 aliphatic heterocycles. The summed E-state index contributed by atoms with van der Waals surface area (Å²) in [6.45, 7) is 6.03. The van der Waals surface area contributed by atoms with Gasteiger partial charge in [0.25, 0.3) is 0 Å². The van der Waals surface area contributed by atoms with Crippen molar-refractivity contribution in [2.75, 3.05) is 6.61 Å². The molecule has 2 rings (SSSR count). The maximum absolute atomic E-state index is 13.1. The fourth-order valence-electron chi connectivity index (χ4n) is 5.39. The van der Waals surface area contributed by atoms with Gasteiger partial charge in [-0.05, 0) is 31.9 Å². The van der Waals surface area contributed by atoms with Crippen molar-refractivity contribution >= 4 is 23.7 Å². The van der Waals surface area contributed by atoms with Crippen molar-refractivity contribution < 1.29 is 49.1 Å². The lowest BCUT2D eigenvalue weighted by Crippen LogP contribution is -2.65. The number of rotatable bonds is 23. The third-order valence-corrected chi connectivity index (χ3v) is 8.18. The standard InChI is InChI=1S/C31H55N7O10/c1-5-6-7-8-9-10-11-12-13-14-17-38-36-28(35-37-38)22(15-16-24(41)42)34-29(44)19(2)32-30(45)20(3)47-27-25(33-21(4)40)31(46)48-23(18-39)26(27)43/h19-20,22-23,25-27,31,39,43,46H,5-18H2,1-4H3,(H,32,45)(H,33,40)(H,34,44)(H,41,42)/t19-,20+,22+,23+,25+,26+,27+,31-/m0/s1. The predicted octanol–water partition coefficient (Wildman–Crippen LogP) is 0.470. The van der Waals surface area contributed by atoms with Gasteiger partial charge in [-0.1, -0.05) is 64.7 Å². The monoisotopic (exact) mass is 685 g/mol. The fraction of sp³-hybridized carbons (Fsp3) is 0.839. The van der Waals surface area contributed by atoms with Crippen LogP contribution in [0, 0.1) is 0 Å². The van der Waals surface area contributed by atoms with Gasteiger partial charge >= 0.3 is 5.97 Å². The molecular weight excluding hydrogens is 630 g/mol. The van der Waals surface area contributed by atoms with Crippen LogP contribution in [0.4, 0.5) is 0 Å². The molecule has 0 radical (unpaired) electrons. The molecule has 0 aliphatic carbocycles. The summed E-state index contributed by atoms with van der Waals surface area (Å²) in [7, 11) is 0. The Hall–Kier alpha value is -3.25. The smallest absolute Gasteiger partial charge is 0.303 e. The number of aliphatic hydroxyl groups is 3. The van der Waals surface area contributed by atoms with Gasteiger partial charge in [-0.25, -0.2) is 0 Å². The van der Waals surface area contributed by atoms with Crippen LogP contribution in [-0.4, -0.2) is 114 Å². The number of carboxylic acid groups (broad SMARTS) is 1. The molecule has 1 saturated heterocycles. The minimum absolute atomic E-state index is 0.00820. The highest BCUT2D eigenvalue weighted by Crippen LogP contribution is 2.24. The van der Waals surface area contributed by atoms with E-state index in [1.54, 1.807) is 0 Å². The van der Waals surface area contributed by atoms with E-state index < -0.39 is 79.1 Å². The first-order valence-corrected chi connectivity index (χ1v) is 17.0. The fourth-order valence-corrected chi connectivity index (χ4v) is 5.39. The van der Waals surface area contributed by atoms with Crippen molar-refractivity contribution in [2.24, 2.45) is 0 Å². The number of carbonyl (C=O) groups is 4. The normalized spacial score (nSPS) is 22.8. The molecule has 0 bridgehead atoms. The number of aliphatic hydroxyl groups excluding tert-OH is 3. The number of tetrazole rings is 1. The summed E-state index contributed by atoms with van der Waals surface area (Å²) in [4.78, 5) is 50.4. The van der Waals surface area contributed by atoms with Crippen molar-refractivity contribution in [3.05, 3.63) is 5.82 Å². The van der Waals surface area contributed by atoms with E-state index in [9.17, 15) is 39.6 Å². The SMILES string of the molecule is CCCCCCCCCCCCn1nnc([C@@H](CCC(=O)O)NC(=O)[C@H](C)NC(=O)[C@@H](C)O[C@H]2[C@H](O)[C@@H](CO)O[C@H](O)[C@@H]2NC(C)=O)n1. The maximum atomic E-state index is 13.1. The first-order valence-electron chi connectivity index (χ1n) is 17.0. The number of unbranched alkanes of at least 4 members (excludes halogenated alkanes) is 9. The molecule has 1 aliphatic rings. The second-order valence-corrected chi connectivity index (χ2v) is 12.4. The summed E-state index contributed by atoms with van der Waals surface area (Å²) in [5.74, 6) is -2.87. The molecule has 2 heterocycles. The van der Waals surface area contributed by atoms with Gasteiger partial charge < -0.3 is 45.9 Å².